The van der Waals surface area contributed by atoms with E-state index in [0.717, 1.165) is 42.4 Å². The van der Waals surface area contributed by atoms with Crippen molar-refractivity contribution in [3.8, 4) is 0 Å². The van der Waals surface area contributed by atoms with Crippen molar-refractivity contribution >= 4 is 15.9 Å². The Morgan fingerprint density at radius 3 is 2.43 bits per heavy atom. The molecule has 0 saturated carbocycles. The lowest BCUT2D eigenvalue weighted by molar-refractivity contribution is 0.0768. The highest BCUT2D eigenvalue weighted by Gasteiger charge is 2.40. The molecule has 1 fully saturated rings. The van der Waals surface area contributed by atoms with Gasteiger partial charge in [0.05, 0.1) is 0 Å². The SMILES string of the molecule is CCC(CC)(C(N)Cc1ccc(F)cc1Br)N1CCCC1. The maximum atomic E-state index is 13.2. The van der Waals surface area contributed by atoms with E-state index in [1.807, 2.05) is 6.07 Å². The maximum absolute atomic E-state index is 13.2. The molecule has 0 spiro atoms. The molecule has 1 saturated heterocycles. The van der Waals surface area contributed by atoms with E-state index in [-0.39, 0.29) is 17.4 Å². The standard InChI is InChI=1S/C17H26BrFN2/c1-3-17(4-2,21-9-5-6-10-21)16(20)11-13-7-8-14(19)12-15(13)18/h7-8,12,16H,3-6,9-11,20H2,1-2H3. The van der Waals surface area contributed by atoms with Crippen LogP contribution >= 0.6 is 15.9 Å². The van der Waals surface area contributed by atoms with Gasteiger partial charge < -0.3 is 5.73 Å². The molecular weight excluding hydrogens is 331 g/mol. The topological polar surface area (TPSA) is 29.3 Å². The number of nitrogens with zero attached hydrogens (tertiary/aromatic N) is 1. The number of halogens is 2. The van der Waals surface area contributed by atoms with Crippen LogP contribution in [0.1, 0.15) is 45.1 Å². The summed E-state index contributed by atoms with van der Waals surface area (Å²) in [5.74, 6) is -0.212. The molecule has 118 valence electrons. The van der Waals surface area contributed by atoms with Crippen LogP contribution in [-0.2, 0) is 6.42 Å². The summed E-state index contributed by atoms with van der Waals surface area (Å²) in [4.78, 5) is 2.58. The Morgan fingerprint density at radius 2 is 1.90 bits per heavy atom. The van der Waals surface area contributed by atoms with Crippen molar-refractivity contribution in [1.82, 2.24) is 4.90 Å². The highest BCUT2D eigenvalue weighted by Crippen LogP contribution is 2.33. The van der Waals surface area contributed by atoms with Gasteiger partial charge in [0.1, 0.15) is 5.82 Å². The van der Waals surface area contributed by atoms with Crippen LogP contribution in [0.4, 0.5) is 4.39 Å². The summed E-state index contributed by atoms with van der Waals surface area (Å²) >= 11 is 3.46. The summed E-state index contributed by atoms with van der Waals surface area (Å²) in [7, 11) is 0. The van der Waals surface area contributed by atoms with Crippen LogP contribution in [0.2, 0.25) is 0 Å². The molecule has 2 N–H and O–H groups in total. The van der Waals surface area contributed by atoms with Gasteiger partial charge in [-0.1, -0.05) is 35.8 Å². The zero-order chi connectivity index (χ0) is 15.5. The number of benzene rings is 1. The molecule has 2 nitrogen and oxygen atoms in total. The molecule has 21 heavy (non-hydrogen) atoms. The third-order valence-electron chi connectivity index (χ3n) is 5.11. The van der Waals surface area contributed by atoms with Crippen LogP contribution in [0.15, 0.2) is 22.7 Å². The fraction of sp³-hybridized carbons (Fsp3) is 0.647. The molecule has 4 heteroatoms. The van der Waals surface area contributed by atoms with Crippen LogP contribution in [0.3, 0.4) is 0 Å². The molecule has 1 heterocycles. The first-order valence-electron chi connectivity index (χ1n) is 7.98. The predicted molar refractivity (Wildman–Crippen MR) is 89.9 cm³/mol. The third-order valence-corrected chi connectivity index (χ3v) is 5.84. The highest BCUT2D eigenvalue weighted by molar-refractivity contribution is 9.10. The largest absolute Gasteiger partial charge is 0.326 e. The van der Waals surface area contributed by atoms with Gasteiger partial charge in [0.15, 0.2) is 0 Å². The normalized spacial score (nSPS) is 18.1. The summed E-state index contributed by atoms with van der Waals surface area (Å²) in [6, 6.07) is 4.95. The van der Waals surface area contributed by atoms with Crippen LogP contribution in [0, 0.1) is 5.82 Å². The summed E-state index contributed by atoms with van der Waals surface area (Å²) in [6.45, 7) is 6.78. The molecule has 2 rings (SSSR count). The zero-order valence-electron chi connectivity index (χ0n) is 13.0. The van der Waals surface area contributed by atoms with Crippen molar-refractivity contribution in [2.24, 2.45) is 5.73 Å². The van der Waals surface area contributed by atoms with Crippen molar-refractivity contribution in [2.45, 2.75) is 57.5 Å². The van der Waals surface area contributed by atoms with Gasteiger partial charge in [-0.05, 0) is 62.9 Å². The lowest BCUT2D eigenvalue weighted by Crippen LogP contribution is -2.59. The lowest BCUT2D eigenvalue weighted by atomic mass is 9.80. The number of likely N-dealkylation sites (tertiary alicyclic amines) is 1. The monoisotopic (exact) mass is 356 g/mol. The fourth-order valence-corrected chi connectivity index (χ4v) is 4.25. The molecule has 1 aromatic rings. The molecule has 0 aliphatic carbocycles. The molecule has 1 atom stereocenters. The Kier molecular flexibility index (Phi) is 5.81. The van der Waals surface area contributed by atoms with Gasteiger partial charge in [-0.15, -0.1) is 0 Å². The van der Waals surface area contributed by atoms with Gasteiger partial charge in [-0.3, -0.25) is 4.90 Å². The van der Waals surface area contributed by atoms with Gasteiger partial charge in [0, 0.05) is 16.1 Å². The fourth-order valence-electron chi connectivity index (χ4n) is 3.73. The Morgan fingerprint density at radius 1 is 1.29 bits per heavy atom. The second-order valence-electron chi connectivity index (χ2n) is 6.05. The van der Waals surface area contributed by atoms with E-state index >= 15 is 0 Å². The Labute approximate surface area is 136 Å². The van der Waals surface area contributed by atoms with Gasteiger partial charge in [-0.2, -0.15) is 0 Å². The van der Waals surface area contributed by atoms with E-state index in [2.05, 4.69) is 34.7 Å². The first kappa shape index (κ1) is 16.9. The van der Waals surface area contributed by atoms with E-state index in [1.54, 1.807) is 0 Å². The quantitative estimate of drug-likeness (QED) is 0.830. The summed E-state index contributed by atoms with van der Waals surface area (Å²) in [5.41, 5.74) is 7.79. The van der Waals surface area contributed by atoms with Crippen LogP contribution in [0.5, 0.6) is 0 Å². The summed E-state index contributed by atoms with van der Waals surface area (Å²) in [6.07, 6.45) is 5.44. The molecule has 1 aliphatic heterocycles. The molecule has 1 unspecified atom stereocenters. The predicted octanol–water partition coefficient (Wildman–Crippen LogP) is 4.11. The smallest absolute Gasteiger partial charge is 0.124 e. The van der Waals surface area contributed by atoms with Gasteiger partial charge in [0.2, 0.25) is 0 Å². The van der Waals surface area contributed by atoms with E-state index in [9.17, 15) is 4.39 Å². The Hall–Kier alpha value is -0.450. The van der Waals surface area contributed by atoms with Crippen LogP contribution < -0.4 is 5.73 Å². The Bertz CT molecular complexity index is 468. The van der Waals surface area contributed by atoms with E-state index in [1.165, 1.54) is 25.0 Å². The van der Waals surface area contributed by atoms with Crippen molar-refractivity contribution in [1.29, 1.82) is 0 Å². The van der Waals surface area contributed by atoms with Crippen LogP contribution in [-0.4, -0.2) is 29.6 Å². The van der Waals surface area contributed by atoms with E-state index < -0.39 is 0 Å². The minimum absolute atomic E-state index is 0.0598. The molecule has 0 bridgehead atoms. The summed E-state index contributed by atoms with van der Waals surface area (Å²) in [5, 5.41) is 0. The average molecular weight is 357 g/mol. The highest BCUT2D eigenvalue weighted by atomic mass is 79.9. The number of rotatable bonds is 6. The molecule has 1 aromatic carbocycles. The van der Waals surface area contributed by atoms with Gasteiger partial charge in [-0.25, -0.2) is 4.39 Å². The van der Waals surface area contributed by atoms with Gasteiger partial charge in [0.25, 0.3) is 0 Å². The van der Waals surface area contributed by atoms with Crippen molar-refractivity contribution < 1.29 is 4.39 Å². The molecule has 1 aliphatic rings. The molecule has 0 radical (unpaired) electrons. The lowest BCUT2D eigenvalue weighted by Gasteiger charge is -2.45. The van der Waals surface area contributed by atoms with Gasteiger partial charge >= 0.3 is 0 Å². The number of hydrogen-bond acceptors (Lipinski definition) is 2. The molecule has 0 amide bonds. The number of nitrogens with two attached hydrogens (primary N) is 1. The second kappa shape index (κ2) is 7.21. The zero-order valence-corrected chi connectivity index (χ0v) is 14.6. The Balaban J connectivity index is 2.20. The number of hydrogen-bond donors (Lipinski definition) is 1. The summed E-state index contributed by atoms with van der Waals surface area (Å²) < 4.78 is 14.0. The maximum Gasteiger partial charge on any atom is 0.124 e. The minimum Gasteiger partial charge on any atom is -0.326 e. The van der Waals surface area contributed by atoms with Crippen molar-refractivity contribution in [3.05, 3.63) is 34.1 Å². The minimum atomic E-state index is -0.212. The van der Waals surface area contributed by atoms with E-state index in [0.29, 0.717) is 0 Å². The molecular formula is C17H26BrFN2. The average Bonchev–Trinajstić information content (AvgIpc) is 2.99. The van der Waals surface area contributed by atoms with Crippen molar-refractivity contribution in [2.75, 3.05) is 13.1 Å². The van der Waals surface area contributed by atoms with Crippen LogP contribution in [0.25, 0.3) is 0 Å². The van der Waals surface area contributed by atoms with Crippen molar-refractivity contribution in [3.63, 3.8) is 0 Å². The third kappa shape index (κ3) is 3.49. The first-order valence-corrected chi connectivity index (χ1v) is 8.77. The first-order chi connectivity index (χ1) is 10.0. The second-order valence-corrected chi connectivity index (χ2v) is 6.91. The molecule has 0 aromatic heterocycles. The van der Waals surface area contributed by atoms with E-state index in [4.69, 9.17) is 5.73 Å².